The maximum Gasteiger partial charge on any atom is 0.326 e. The number of nitrogens with one attached hydrogen (secondary N) is 3. The van der Waals surface area contributed by atoms with Crippen LogP contribution in [0.1, 0.15) is 34.1 Å². The summed E-state index contributed by atoms with van der Waals surface area (Å²) in [6, 6.07) is 7.69. The van der Waals surface area contributed by atoms with Gasteiger partial charge >= 0.3 is 5.69 Å². The third kappa shape index (κ3) is 2.33. The summed E-state index contributed by atoms with van der Waals surface area (Å²) in [6.45, 7) is 0. The lowest BCUT2D eigenvalue weighted by atomic mass is 10.1. The second kappa shape index (κ2) is 4.93. The molecule has 1 aromatic heterocycles. The van der Waals surface area contributed by atoms with Crippen LogP contribution in [0.3, 0.4) is 0 Å². The van der Waals surface area contributed by atoms with Crippen LogP contribution in [0, 0.1) is 0 Å². The van der Waals surface area contributed by atoms with Crippen LogP contribution in [0.15, 0.2) is 33.9 Å². The molecule has 0 unspecified atom stereocenters. The van der Waals surface area contributed by atoms with E-state index in [0.29, 0.717) is 0 Å². The number of aryl methyl sites for hydroxylation is 1. The molecule has 0 fully saturated rings. The number of hydrogen-bond donors (Lipinski definition) is 4. The highest BCUT2D eigenvalue weighted by molar-refractivity contribution is 5.97. The largest absolute Gasteiger partial charge is 0.392 e. The Morgan fingerprint density at radius 1 is 1.24 bits per heavy atom. The Balaban J connectivity index is 1.89. The molecular formula is C14H14N4O3. The van der Waals surface area contributed by atoms with Crippen molar-refractivity contribution < 1.29 is 4.79 Å². The van der Waals surface area contributed by atoms with Crippen molar-refractivity contribution in [3.63, 3.8) is 0 Å². The first-order chi connectivity index (χ1) is 10.1. The van der Waals surface area contributed by atoms with Crippen molar-refractivity contribution in [2.75, 3.05) is 5.73 Å². The monoisotopic (exact) mass is 286 g/mol. The Morgan fingerprint density at radius 2 is 2.00 bits per heavy atom. The van der Waals surface area contributed by atoms with Crippen LogP contribution in [0.4, 0.5) is 5.69 Å². The number of nitrogen functional groups attached to an aromatic ring is 1. The number of aromatic nitrogens is 2. The minimum absolute atomic E-state index is 0.143. The van der Waals surface area contributed by atoms with Gasteiger partial charge in [-0.05, 0) is 24.0 Å². The van der Waals surface area contributed by atoms with E-state index in [1.54, 1.807) is 0 Å². The molecule has 1 aliphatic carbocycles. The number of amides is 1. The number of rotatable bonds is 2. The first-order valence-corrected chi connectivity index (χ1v) is 6.57. The quantitative estimate of drug-likeness (QED) is 0.624. The molecule has 108 valence electrons. The topological polar surface area (TPSA) is 121 Å². The van der Waals surface area contributed by atoms with Gasteiger partial charge in [-0.1, -0.05) is 24.3 Å². The molecule has 0 spiro atoms. The Bertz CT molecular complexity index is 821. The molecule has 5 N–H and O–H groups in total. The number of nitrogens with two attached hydrogens (primary N) is 1. The van der Waals surface area contributed by atoms with E-state index in [2.05, 4.69) is 10.3 Å². The number of carbonyl (C=O) groups is 1. The Morgan fingerprint density at radius 3 is 2.81 bits per heavy atom. The van der Waals surface area contributed by atoms with Crippen LogP contribution < -0.4 is 22.3 Å². The standard InChI is InChI=1S/C14H14N4O3/c15-10-11(17-14(21)18-12(10)19)13(20)16-9-6-5-7-3-1-2-4-8(7)9/h1-4,9H,5-6,15H2,(H,16,20)(H2,17,18,19,21)/t9-/m1/s1. The zero-order valence-corrected chi connectivity index (χ0v) is 11.1. The van der Waals surface area contributed by atoms with Crippen LogP contribution in [0.5, 0.6) is 0 Å². The Labute approximate surface area is 119 Å². The maximum absolute atomic E-state index is 12.2. The summed E-state index contributed by atoms with van der Waals surface area (Å²) in [5.41, 5.74) is 5.77. The summed E-state index contributed by atoms with van der Waals surface area (Å²) in [5, 5.41) is 2.80. The number of benzene rings is 1. The molecule has 1 heterocycles. The molecule has 7 nitrogen and oxygen atoms in total. The van der Waals surface area contributed by atoms with E-state index in [-0.39, 0.29) is 17.4 Å². The zero-order chi connectivity index (χ0) is 15.0. The van der Waals surface area contributed by atoms with Gasteiger partial charge in [0.05, 0.1) is 6.04 Å². The second-order valence-corrected chi connectivity index (χ2v) is 4.96. The van der Waals surface area contributed by atoms with Crippen LogP contribution in [0.2, 0.25) is 0 Å². The molecule has 0 radical (unpaired) electrons. The predicted molar refractivity (Wildman–Crippen MR) is 77.1 cm³/mol. The van der Waals surface area contributed by atoms with E-state index < -0.39 is 17.2 Å². The van der Waals surface area contributed by atoms with Crippen LogP contribution >= 0.6 is 0 Å². The van der Waals surface area contributed by atoms with Crippen molar-refractivity contribution in [2.45, 2.75) is 18.9 Å². The van der Waals surface area contributed by atoms with Gasteiger partial charge in [0.1, 0.15) is 11.4 Å². The normalized spacial score (nSPS) is 16.5. The molecule has 7 heteroatoms. The second-order valence-electron chi connectivity index (χ2n) is 4.96. The highest BCUT2D eigenvalue weighted by Gasteiger charge is 2.25. The number of anilines is 1. The predicted octanol–water partition coefficient (Wildman–Crippen LogP) is 0.0627. The first kappa shape index (κ1) is 13.2. The summed E-state index contributed by atoms with van der Waals surface area (Å²) in [5.74, 6) is -0.558. The van der Waals surface area contributed by atoms with Gasteiger partial charge in [-0.2, -0.15) is 0 Å². The molecule has 21 heavy (non-hydrogen) atoms. The number of fused-ring (bicyclic) bond motifs is 1. The van der Waals surface area contributed by atoms with E-state index >= 15 is 0 Å². The maximum atomic E-state index is 12.2. The molecular weight excluding hydrogens is 272 g/mol. The summed E-state index contributed by atoms with van der Waals surface area (Å²) in [4.78, 5) is 39.1. The first-order valence-electron chi connectivity index (χ1n) is 6.57. The lowest BCUT2D eigenvalue weighted by Crippen LogP contribution is -2.34. The average molecular weight is 286 g/mol. The smallest absolute Gasteiger partial charge is 0.326 e. The van der Waals surface area contributed by atoms with Gasteiger partial charge in [-0.25, -0.2) is 4.79 Å². The van der Waals surface area contributed by atoms with Crippen molar-refractivity contribution in [1.82, 2.24) is 15.3 Å². The number of aromatic amines is 2. The zero-order valence-electron chi connectivity index (χ0n) is 11.1. The Kier molecular flexibility index (Phi) is 3.09. The third-order valence-electron chi connectivity index (χ3n) is 3.64. The van der Waals surface area contributed by atoms with Gasteiger partial charge in [0.15, 0.2) is 0 Å². The van der Waals surface area contributed by atoms with Gasteiger partial charge < -0.3 is 16.0 Å². The van der Waals surface area contributed by atoms with Gasteiger partial charge in [-0.15, -0.1) is 0 Å². The van der Waals surface area contributed by atoms with E-state index in [0.717, 1.165) is 18.4 Å². The summed E-state index contributed by atoms with van der Waals surface area (Å²) in [6.07, 6.45) is 1.65. The van der Waals surface area contributed by atoms with Crippen molar-refractivity contribution in [3.8, 4) is 0 Å². The van der Waals surface area contributed by atoms with Crippen molar-refractivity contribution in [3.05, 3.63) is 61.9 Å². The fourth-order valence-electron chi connectivity index (χ4n) is 2.61. The van der Waals surface area contributed by atoms with E-state index in [1.165, 1.54) is 5.56 Å². The molecule has 2 aromatic rings. The number of H-pyrrole nitrogens is 2. The third-order valence-corrected chi connectivity index (χ3v) is 3.64. The van der Waals surface area contributed by atoms with Crippen molar-refractivity contribution >= 4 is 11.6 Å². The summed E-state index contributed by atoms with van der Waals surface area (Å²) >= 11 is 0. The van der Waals surface area contributed by atoms with Crippen LogP contribution in [-0.4, -0.2) is 15.9 Å². The lowest BCUT2D eigenvalue weighted by Gasteiger charge is -2.14. The Hall–Kier alpha value is -2.83. The van der Waals surface area contributed by atoms with Crippen LogP contribution in [-0.2, 0) is 6.42 Å². The highest BCUT2D eigenvalue weighted by atomic mass is 16.2. The number of hydrogen-bond acceptors (Lipinski definition) is 4. The van der Waals surface area contributed by atoms with Gasteiger partial charge in [0, 0.05) is 0 Å². The average Bonchev–Trinajstić information content (AvgIpc) is 2.86. The minimum atomic E-state index is -0.768. The fraction of sp³-hybridized carbons (Fsp3) is 0.214. The molecule has 0 saturated heterocycles. The molecule has 0 bridgehead atoms. The molecule has 3 rings (SSSR count). The summed E-state index contributed by atoms with van der Waals surface area (Å²) in [7, 11) is 0. The SMILES string of the molecule is Nc1c(C(=O)N[C@@H]2CCc3ccccc32)[nH]c(=O)[nH]c1=O. The summed E-state index contributed by atoms with van der Waals surface area (Å²) < 4.78 is 0. The van der Waals surface area contributed by atoms with Gasteiger partial charge in [0.2, 0.25) is 0 Å². The molecule has 0 aliphatic heterocycles. The molecule has 1 atom stereocenters. The van der Waals surface area contributed by atoms with Crippen LogP contribution in [0.25, 0.3) is 0 Å². The van der Waals surface area contributed by atoms with Gasteiger partial charge in [0.25, 0.3) is 11.5 Å². The van der Waals surface area contributed by atoms with E-state index in [1.807, 2.05) is 29.2 Å². The highest BCUT2D eigenvalue weighted by Crippen LogP contribution is 2.30. The van der Waals surface area contributed by atoms with Crippen molar-refractivity contribution in [1.29, 1.82) is 0 Å². The fourth-order valence-corrected chi connectivity index (χ4v) is 2.61. The van der Waals surface area contributed by atoms with E-state index in [4.69, 9.17) is 5.73 Å². The van der Waals surface area contributed by atoms with E-state index in [9.17, 15) is 14.4 Å². The van der Waals surface area contributed by atoms with Crippen molar-refractivity contribution in [2.24, 2.45) is 0 Å². The molecule has 1 aromatic carbocycles. The molecule has 1 aliphatic rings. The molecule has 0 saturated carbocycles. The molecule has 1 amide bonds. The minimum Gasteiger partial charge on any atom is -0.392 e. The number of carbonyl (C=O) groups excluding carboxylic acids is 1. The van der Waals surface area contributed by atoms with Gasteiger partial charge in [-0.3, -0.25) is 14.6 Å². The lowest BCUT2D eigenvalue weighted by molar-refractivity contribution is 0.0932.